The molecule has 2 rings (SSSR count). The third kappa shape index (κ3) is 20.4. The van der Waals surface area contributed by atoms with Crippen LogP contribution in [-0.2, 0) is 26.2 Å². The maximum Gasteiger partial charge on any atom is 2.00 e. The Labute approximate surface area is 173 Å². The average molecular weight is 400 g/mol. The fourth-order valence-electron chi connectivity index (χ4n) is 1.75. The van der Waals surface area contributed by atoms with Crippen molar-refractivity contribution in [2.45, 2.75) is 59.3 Å². The topological polar surface area (TPSA) is 0 Å². The van der Waals surface area contributed by atoms with Crippen molar-refractivity contribution in [1.82, 2.24) is 0 Å². The van der Waals surface area contributed by atoms with Crippen molar-refractivity contribution >= 4 is 0 Å². The molecule has 2 aliphatic carbocycles. The van der Waals surface area contributed by atoms with Gasteiger partial charge in [-0.2, -0.15) is 0 Å². The largest absolute Gasteiger partial charge is 2.00 e. The van der Waals surface area contributed by atoms with Crippen molar-refractivity contribution in [3.05, 3.63) is 88.0 Å². The minimum atomic E-state index is 0. The summed E-state index contributed by atoms with van der Waals surface area (Å²) in [5.41, 5.74) is 1.35. The minimum absolute atomic E-state index is 0. The Morgan fingerprint density at radius 1 is 0.667 bits per heavy atom. The third-order valence-electron chi connectivity index (χ3n) is 2.90. The molecule has 2 fully saturated rings. The summed E-state index contributed by atoms with van der Waals surface area (Å²) in [6, 6.07) is 0. The maximum atomic E-state index is 3.43. The molecule has 0 aromatic carbocycles. The molecule has 2 aliphatic rings. The Morgan fingerprint density at radius 3 is 1.42 bits per heavy atom. The molecule has 0 aliphatic heterocycles. The second kappa shape index (κ2) is 23.4. The van der Waals surface area contributed by atoms with E-state index in [1.807, 2.05) is 64.2 Å². The van der Waals surface area contributed by atoms with Gasteiger partial charge in [0.25, 0.3) is 0 Å². The Kier molecular flexibility index (Phi) is 25.9. The molecule has 0 atom stereocenters. The van der Waals surface area contributed by atoms with Crippen LogP contribution in [0.1, 0.15) is 59.3 Å². The van der Waals surface area contributed by atoms with Gasteiger partial charge in [0.05, 0.1) is 0 Å². The molecule has 128 valence electrons. The summed E-state index contributed by atoms with van der Waals surface area (Å²) in [7, 11) is 0. The second-order valence-corrected chi connectivity index (χ2v) is 5.22. The number of hydrogen-bond donors (Lipinski definition) is 0. The van der Waals surface area contributed by atoms with E-state index in [1.165, 1.54) is 24.8 Å². The van der Waals surface area contributed by atoms with E-state index >= 15 is 0 Å². The molecular formula is C23H32Zr. The van der Waals surface area contributed by atoms with Crippen molar-refractivity contribution in [1.29, 1.82) is 0 Å². The normalized spacial score (nSPS) is 16.9. The zero-order valence-electron chi connectivity index (χ0n) is 15.6. The van der Waals surface area contributed by atoms with Crippen LogP contribution < -0.4 is 0 Å². The van der Waals surface area contributed by atoms with Gasteiger partial charge in [-0.3, -0.25) is 0 Å². The van der Waals surface area contributed by atoms with E-state index in [4.69, 9.17) is 0 Å². The molecule has 0 nitrogen and oxygen atoms in total. The predicted molar refractivity (Wildman–Crippen MR) is 102 cm³/mol. The molecule has 0 N–H and O–H groups in total. The van der Waals surface area contributed by atoms with Gasteiger partial charge >= 0.3 is 26.2 Å². The molecule has 2 saturated carbocycles. The molecule has 0 saturated heterocycles. The Hall–Kier alpha value is 0.363. The Bertz CT molecular complexity index is 245. The van der Waals surface area contributed by atoms with Crippen LogP contribution in [-0.4, -0.2) is 0 Å². The van der Waals surface area contributed by atoms with Gasteiger partial charge in [0.1, 0.15) is 0 Å². The summed E-state index contributed by atoms with van der Waals surface area (Å²) < 4.78 is 0. The van der Waals surface area contributed by atoms with E-state index in [-0.39, 0.29) is 26.2 Å². The van der Waals surface area contributed by atoms with E-state index < -0.39 is 0 Å². The van der Waals surface area contributed by atoms with Gasteiger partial charge in [0.15, 0.2) is 0 Å². The Balaban J connectivity index is 0. The van der Waals surface area contributed by atoms with Crippen molar-refractivity contribution in [3.8, 4) is 0 Å². The summed E-state index contributed by atoms with van der Waals surface area (Å²) in [6.45, 7) is 6.58. The van der Waals surface area contributed by atoms with Crippen LogP contribution in [0, 0.1) is 76.4 Å². The van der Waals surface area contributed by atoms with Gasteiger partial charge < -0.3 is 23.8 Å². The summed E-state index contributed by atoms with van der Waals surface area (Å²) in [6.07, 6.45) is 35.7. The Morgan fingerprint density at radius 2 is 1.08 bits per heavy atom. The third-order valence-corrected chi connectivity index (χ3v) is 2.90. The van der Waals surface area contributed by atoms with Crippen molar-refractivity contribution in [2.24, 2.45) is 0 Å². The minimum Gasteiger partial charge on any atom is -0.388 e. The monoisotopic (exact) mass is 398 g/mol. The van der Waals surface area contributed by atoms with Crippen molar-refractivity contribution in [2.75, 3.05) is 0 Å². The first-order valence-electron chi connectivity index (χ1n) is 8.84. The molecular weight excluding hydrogens is 367 g/mol. The first-order chi connectivity index (χ1) is 11.3. The zero-order valence-corrected chi connectivity index (χ0v) is 18.1. The van der Waals surface area contributed by atoms with Gasteiger partial charge in [-0.25, -0.2) is 0 Å². The predicted octanol–water partition coefficient (Wildman–Crippen LogP) is 6.52. The standard InChI is InChI=1S/C13H22.2C5H5.Zr/c1-4-7-9-12-13(10-6-3)11-8-5-2;2*1-2-4-5-3-1;/h12H,4-8,10H2,1-3H3;2*1-5H;/q-2;;;+2. The van der Waals surface area contributed by atoms with E-state index in [0.717, 1.165) is 19.3 Å². The van der Waals surface area contributed by atoms with Crippen LogP contribution in [0.2, 0.25) is 0 Å². The van der Waals surface area contributed by atoms with Crippen LogP contribution in [0.25, 0.3) is 0 Å². The zero-order chi connectivity index (χ0) is 17.0. The smallest absolute Gasteiger partial charge is 0.388 e. The fourth-order valence-corrected chi connectivity index (χ4v) is 1.75. The van der Waals surface area contributed by atoms with E-state index in [2.05, 4.69) is 39.0 Å². The van der Waals surface area contributed by atoms with Gasteiger partial charge in [-0.05, 0) is 64.2 Å². The molecule has 1 heteroatoms. The summed E-state index contributed by atoms with van der Waals surface area (Å²) in [5, 5.41) is 0. The number of rotatable bonds is 7. The van der Waals surface area contributed by atoms with Gasteiger partial charge in [-0.15, -0.1) is 19.3 Å². The molecule has 10 radical (unpaired) electrons. The van der Waals surface area contributed by atoms with Crippen LogP contribution in [0.15, 0.2) is 11.6 Å². The molecule has 0 bridgehead atoms. The SMILES string of the molecule is CCC[C-]=CC(=[C-]CCC)CCC.[CH]1[CH][CH][CH][CH]1.[CH]1[CH][CH][CH][CH]1.[Zr+2]. The van der Waals surface area contributed by atoms with E-state index in [0.29, 0.717) is 0 Å². The first kappa shape index (κ1) is 26.6. The first-order valence-corrected chi connectivity index (χ1v) is 8.84. The summed E-state index contributed by atoms with van der Waals surface area (Å²) in [5.74, 6) is 0. The van der Waals surface area contributed by atoms with Gasteiger partial charge in [0, 0.05) is 0 Å². The van der Waals surface area contributed by atoms with Gasteiger partial charge in [0.2, 0.25) is 0 Å². The van der Waals surface area contributed by atoms with Crippen molar-refractivity contribution in [3.63, 3.8) is 0 Å². The fraction of sp³-hybridized carbons (Fsp3) is 0.391. The van der Waals surface area contributed by atoms with Crippen LogP contribution in [0.5, 0.6) is 0 Å². The maximum absolute atomic E-state index is 3.43. The quantitative estimate of drug-likeness (QED) is 0.338. The molecule has 0 unspecified atom stereocenters. The summed E-state index contributed by atoms with van der Waals surface area (Å²) in [4.78, 5) is 0. The molecule has 0 amide bonds. The number of unbranched alkanes of at least 4 members (excludes halogenated alkanes) is 2. The van der Waals surface area contributed by atoms with Crippen LogP contribution in [0.3, 0.4) is 0 Å². The van der Waals surface area contributed by atoms with E-state index in [1.54, 1.807) is 0 Å². The summed E-state index contributed by atoms with van der Waals surface area (Å²) >= 11 is 0. The van der Waals surface area contributed by atoms with Gasteiger partial charge in [-0.1, -0.05) is 40.0 Å². The second-order valence-electron chi connectivity index (χ2n) is 5.22. The molecule has 0 aromatic heterocycles. The van der Waals surface area contributed by atoms with Crippen molar-refractivity contribution < 1.29 is 26.2 Å². The number of allylic oxidation sites excluding steroid dienone is 4. The van der Waals surface area contributed by atoms with Crippen LogP contribution >= 0.6 is 0 Å². The average Bonchev–Trinajstić information content (AvgIpc) is 3.31. The molecule has 24 heavy (non-hydrogen) atoms. The molecule has 0 spiro atoms. The van der Waals surface area contributed by atoms with Crippen LogP contribution in [0.4, 0.5) is 0 Å². The number of hydrogen-bond acceptors (Lipinski definition) is 0. The van der Waals surface area contributed by atoms with E-state index in [9.17, 15) is 0 Å². The molecule has 0 aromatic rings. The molecule has 0 heterocycles.